The Morgan fingerprint density at radius 1 is 0.935 bits per heavy atom. The highest BCUT2D eigenvalue weighted by molar-refractivity contribution is 6.53. The molecule has 1 heterocycles. The topological polar surface area (TPSA) is 96.5 Å². The van der Waals surface area contributed by atoms with Gasteiger partial charge < -0.3 is 20.7 Å². The van der Waals surface area contributed by atoms with Crippen molar-refractivity contribution in [3.63, 3.8) is 0 Å². The van der Waals surface area contributed by atoms with Crippen LogP contribution in [0.15, 0.2) is 48.5 Å². The zero-order chi connectivity index (χ0) is 33.6. The molecule has 3 atom stereocenters. The van der Waals surface area contributed by atoms with Crippen LogP contribution in [0.25, 0.3) is 0 Å². The fraction of sp³-hybridized carbons (Fsp3) is 0.300. The summed E-state index contributed by atoms with van der Waals surface area (Å²) < 4.78 is 86.1. The summed E-state index contributed by atoms with van der Waals surface area (Å²) in [5.74, 6) is -8.62. The van der Waals surface area contributed by atoms with Crippen LogP contribution in [-0.4, -0.2) is 41.7 Å². The number of benzene rings is 3. The van der Waals surface area contributed by atoms with Crippen LogP contribution in [0.5, 0.6) is 0 Å². The molecule has 3 aromatic rings. The Morgan fingerprint density at radius 3 is 2.33 bits per heavy atom. The maximum Gasteiger partial charge on any atom is 0.419 e. The highest BCUT2D eigenvalue weighted by atomic mass is 35.5. The van der Waals surface area contributed by atoms with Gasteiger partial charge in [-0.2, -0.15) is 13.2 Å². The van der Waals surface area contributed by atoms with Crippen molar-refractivity contribution in [2.75, 3.05) is 35.7 Å². The molecule has 1 aliphatic heterocycles. The average Bonchev–Trinajstić information content (AvgIpc) is 3.30. The van der Waals surface area contributed by atoms with E-state index in [-0.39, 0.29) is 34.1 Å². The molecule has 0 aromatic heterocycles. The molecular weight excluding hydrogens is 687 g/mol. The van der Waals surface area contributed by atoms with Gasteiger partial charge in [0.25, 0.3) is 0 Å². The molecular formula is C30H22Cl3F6N3O4. The van der Waals surface area contributed by atoms with Crippen molar-refractivity contribution in [3.05, 3.63) is 87.7 Å². The number of hydrogen-bond donors (Lipinski definition) is 3. The average molecular weight is 709 g/mol. The van der Waals surface area contributed by atoms with Crippen molar-refractivity contribution in [1.82, 2.24) is 0 Å². The second-order valence-corrected chi connectivity index (χ2v) is 12.5. The van der Waals surface area contributed by atoms with Crippen molar-refractivity contribution in [2.24, 2.45) is 11.8 Å². The summed E-state index contributed by atoms with van der Waals surface area (Å²) in [5, 5.41) is 7.21. The number of rotatable bonds is 9. The predicted octanol–water partition coefficient (Wildman–Crippen LogP) is 7.57. The van der Waals surface area contributed by atoms with E-state index in [4.69, 9.17) is 39.5 Å². The fourth-order valence-electron chi connectivity index (χ4n) is 5.10. The molecule has 2 amide bonds. The predicted molar refractivity (Wildman–Crippen MR) is 159 cm³/mol. The van der Waals surface area contributed by atoms with E-state index in [2.05, 4.69) is 16.0 Å². The number of hydrogen-bond acceptors (Lipinski definition) is 5. The van der Waals surface area contributed by atoms with Gasteiger partial charge in [-0.1, -0.05) is 17.7 Å². The standard InChI is InChI=1S/C30H22Cl3F6N3O4/c31-18-3-2-15(41-28(45)24-23(29(24,32)33)13-1-4-19(34)17(9-13)30(37,38)39)10-16(18)22(43)11-40-21-6-5-20(35)26(25(21)36)42-27(44)14-7-8-46-12-14/h1-6,9-10,14,23-24,40H,7-8,11-12H2,(H,41,45)(H,42,44)/t14?,23-,24+/m0/s1. The summed E-state index contributed by atoms with van der Waals surface area (Å²) >= 11 is 18.7. The molecule has 1 saturated heterocycles. The molecule has 1 saturated carbocycles. The van der Waals surface area contributed by atoms with Crippen LogP contribution < -0.4 is 16.0 Å². The largest absolute Gasteiger partial charge is 0.419 e. The van der Waals surface area contributed by atoms with E-state index in [0.29, 0.717) is 25.2 Å². The first-order chi connectivity index (χ1) is 21.6. The quantitative estimate of drug-likeness (QED) is 0.121. The molecule has 16 heteroatoms. The third kappa shape index (κ3) is 6.92. The number of nitrogens with one attached hydrogen (secondary N) is 3. The first-order valence-corrected chi connectivity index (χ1v) is 14.7. The van der Waals surface area contributed by atoms with Gasteiger partial charge in [-0.25, -0.2) is 13.2 Å². The van der Waals surface area contributed by atoms with Crippen molar-refractivity contribution in [3.8, 4) is 0 Å². The molecule has 3 aromatic carbocycles. The van der Waals surface area contributed by atoms with Crippen molar-refractivity contribution in [2.45, 2.75) is 22.8 Å². The lowest BCUT2D eigenvalue weighted by Gasteiger charge is -2.14. The number of anilines is 3. The maximum absolute atomic E-state index is 15.1. The Labute approximate surface area is 272 Å². The van der Waals surface area contributed by atoms with E-state index in [0.717, 1.165) is 18.2 Å². The van der Waals surface area contributed by atoms with Crippen LogP contribution in [0.1, 0.15) is 33.8 Å². The molecule has 1 aliphatic carbocycles. The minimum Gasteiger partial charge on any atom is -0.381 e. The Morgan fingerprint density at radius 2 is 1.65 bits per heavy atom. The van der Waals surface area contributed by atoms with Gasteiger partial charge in [0.15, 0.2) is 11.6 Å². The number of alkyl halides is 5. The van der Waals surface area contributed by atoms with Crippen LogP contribution in [0.3, 0.4) is 0 Å². The normalized spacial score (nSPS) is 20.2. The van der Waals surface area contributed by atoms with Gasteiger partial charge in [-0.15, -0.1) is 23.2 Å². The summed E-state index contributed by atoms with van der Waals surface area (Å²) in [7, 11) is 0. The van der Waals surface area contributed by atoms with Crippen molar-refractivity contribution >= 4 is 69.5 Å². The second kappa shape index (κ2) is 12.9. The first-order valence-electron chi connectivity index (χ1n) is 13.6. The molecule has 7 nitrogen and oxygen atoms in total. The van der Waals surface area contributed by atoms with Crippen molar-refractivity contribution in [1.29, 1.82) is 0 Å². The van der Waals surface area contributed by atoms with Crippen LogP contribution in [-0.2, 0) is 20.5 Å². The monoisotopic (exact) mass is 707 g/mol. The van der Waals surface area contributed by atoms with Gasteiger partial charge >= 0.3 is 6.18 Å². The SMILES string of the molecule is O=C(CNc1ccc(F)c(NC(=O)C2CCOC2)c1F)c1cc(NC(=O)[C@H]2[C@H](c3ccc(F)c(C(F)(F)F)c3)C2(Cl)Cl)ccc1Cl. The third-order valence-corrected chi connectivity index (χ3v) is 8.87. The van der Waals surface area contributed by atoms with Gasteiger partial charge in [-0.3, -0.25) is 14.4 Å². The summed E-state index contributed by atoms with van der Waals surface area (Å²) in [6.45, 7) is -0.0604. The summed E-state index contributed by atoms with van der Waals surface area (Å²) in [6.07, 6.45) is -4.58. The fourth-order valence-corrected chi connectivity index (χ4v) is 6.15. The molecule has 244 valence electrons. The number of amides is 2. The molecule has 5 rings (SSSR count). The number of ketones is 1. The summed E-state index contributed by atoms with van der Waals surface area (Å²) in [5.41, 5.74) is -2.66. The van der Waals surface area contributed by atoms with Gasteiger partial charge in [0, 0.05) is 23.8 Å². The third-order valence-electron chi connectivity index (χ3n) is 7.60. The number of carbonyl (C=O) groups is 3. The maximum atomic E-state index is 15.1. The van der Waals surface area contributed by atoms with Crippen molar-refractivity contribution < 1.29 is 45.5 Å². The molecule has 2 aliphatic rings. The van der Waals surface area contributed by atoms with E-state index in [1.54, 1.807) is 0 Å². The first kappa shape index (κ1) is 33.8. The number of carbonyl (C=O) groups excluding carboxylic acids is 3. The Hall–Kier alpha value is -3.52. The Balaban J connectivity index is 1.26. The summed E-state index contributed by atoms with van der Waals surface area (Å²) in [4.78, 5) is 38.4. The Kier molecular flexibility index (Phi) is 9.52. The zero-order valence-electron chi connectivity index (χ0n) is 23.2. The molecule has 46 heavy (non-hydrogen) atoms. The van der Waals surface area contributed by atoms with E-state index >= 15 is 4.39 Å². The summed E-state index contributed by atoms with van der Waals surface area (Å²) in [6, 6.07) is 8.01. The smallest absolute Gasteiger partial charge is 0.381 e. The van der Waals surface area contributed by atoms with E-state index < -0.39 is 81.1 Å². The van der Waals surface area contributed by atoms with Crippen LogP contribution in [0.4, 0.5) is 43.4 Å². The number of Topliss-reactive ketones (excluding diaryl/α,β-unsaturated/α-hetero) is 1. The molecule has 0 bridgehead atoms. The molecule has 0 radical (unpaired) electrons. The van der Waals surface area contributed by atoms with Crippen LogP contribution >= 0.6 is 34.8 Å². The molecule has 2 fully saturated rings. The minimum absolute atomic E-state index is 0.0320. The number of halogens is 9. The highest BCUT2D eigenvalue weighted by Gasteiger charge is 2.67. The van der Waals surface area contributed by atoms with Gasteiger partial charge in [0.1, 0.15) is 21.7 Å². The molecule has 1 unspecified atom stereocenters. The molecule has 3 N–H and O–H groups in total. The Bertz CT molecular complexity index is 1720. The van der Waals surface area contributed by atoms with E-state index in [9.17, 15) is 36.3 Å². The lowest BCUT2D eigenvalue weighted by molar-refractivity contribution is -0.140. The van der Waals surface area contributed by atoms with Gasteiger partial charge in [-0.05, 0) is 54.4 Å². The van der Waals surface area contributed by atoms with E-state index in [1.165, 1.54) is 18.2 Å². The number of ether oxygens (including phenoxy) is 1. The lowest BCUT2D eigenvalue weighted by Crippen LogP contribution is -2.24. The van der Waals surface area contributed by atoms with Crippen LogP contribution in [0.2, 0.25) is 5.02 Å². The second-order valence-electron chi connectivity index (χ2n) is 10.7. The highest BCUT2D eigenvalue weighted by Crippen LogP contribution is 2.65. The zero-order valence-corrected chi connectivity index (χ0v) is 25.5. The van der Waals surface area contributed by atoms with E-state index in [1.807, 2.05) is 0 Å². The van der Waals surface area contributed by atoms with Gasteiger partial charge in [0.05, 0.1) is 41.3 Å². The van der Waals surface area contributed by atoms with Gasteiger partial charge in [0.2, 0.25) is 11.8 Å². The minimum atomic E-state index is -4.99. The lowest BCUT2D eigenvalue weighted by atomic mass is 10.0. The molecule has 0 spiro atoms. The van der Waals surface area contributed by atoms with Crippen LogP contribution in [0, 0.1) is 29.3 Å².